The van der Waals surface area contributed by atoms with E-state index >= 15 is 0 Å². The topological polar surface area (TPSA) is 59.8 Å². The van der Waals surface area contributed by atoms with Crippen LogP contribution in [-0.4, -0.2) is 51.2 Å². The predicted octanol–water partition coefficient (Wildman–Crippen LogP) is 5.92. The van der Waals surface area contributed by atoms with Crippen LogP contribution in [0.4, 0.5) is 0 Å². The van der Waals surface area contributed by atoms with Gasteiger partial charge in [-0.1, -0.05) is 44.2 Å². The molecular weight excluding hydrogens is 438 g/mol. The molecule has 0 fully saturated rings. The minimum absolute atomic E-state index is 0.286. The molecule has 3 rings (SSSR count). The first-order valence-electron chi connectivity index (χ1n) is 12.4. The van der Waals surface area contributed by atoms with Crippen molar-refractivity contribution in [2.75, 3.05) is 19.7 Å². The Kier molecular flexibility index (Phi) is 9.11. The lowest BCUT2D eigenvalue weighted by Crippen LogP contribution is -2.38. The molecule has 1 heterocycles. The normalized spacial score (nSPS) is 13.0. The average molecular weight is 480 g/mol. The van der Waals surface area contributed by atoms with E-state index < -0.39 is 6.10 Å². The third kappa shape index (κ3) is 8.20. The lowest BCUT2D eigenvalue weighted by molar-refractivity contribution is -0.0573. The Morgan fingerprint density at radius 2 is 1.71 bits per heavy atom. The standard InChI is InChI=1S/C29H41N3O3/c1-21(2)17-31(18-25(33)20-34-29(5,6)7)19-27-23(4)30-32(24-13-9-8-10-14-24)28(27)35-26-15-11-12-22(3)16-26/h8-16,21,25,33H,17-20H2,1-7H3. The van der Waals surface area contributed by atoms with E-state index in [0.29, 0.717) is 31.5 Å². The molecule has 1 aromatic heterocycles. The quantitative estimate of drug-likeness (QED) is 0.370. The van der Waals surface area contributed by atoms with Gasteiger partial charge in [0.2, 0.25) is 5.88 Å². The van der Waals surface area contributed by atoms with Gasteiger partial charge in [-0.25, -0.2) is 4.68 Å². The fourth-order valence-corrected chi connectivity index (χ4v) is 4.00. The fourth-order valence-electron chi connectivity index (χ4n) is 4.00. The van der Waals surface area contributed by atoms with Gasteiger partial charge >= 0.3 is 0 Å². The zero-order valence-corrected chi connectivity index (χ0v) is 22.3. The second-order valence-electron chi connectivity index (χ2n) is 10.7. The number of hydrogen-bond donors (Lipinski definition) is 1. The van der Waals surface area contributed by atoms with E-state index in [0.717, 1.165) is 34.8 Å². The largest absolute Gasteiger partial charge is 0.439 e. The summed E-state index contributed by atoms with van der Waals surface area (Å²) in [5, 5.41) is 15.6. The van der Waals surface area contributed by atoms with Crippen LogP contribution < -0.4 is 4.74 Å². The number of aromatic nitrogens is 2. The summed E-state index contributed by atoms with van der Waals surface area (Å²) in [7, 11) is 0. The summed E-state index contributed by atoms with van der Waals surface area (Å²) in [6, 6.07) is 18.1. The maximum absolute atomic E-state index is 10.7. The zero-order chi connectivity index (χ0) is 25.6. The average Bonchev–Trinajstić information content (AvgIpc) is 3.07. The second-order valence-corrected chi connectivity index (χ2v) is 10.7. The van der Waals surface area contributed by atoms with E-state index in [-0.39, 0.29) is 5.60 Å². The van der Waals surface area contributed by atoms with Crippen LogP contribution in [0, 0.1) is 19.8 Å². The molecule has 2 aromatic carbocycles. The van der Waals surface area contributed by atoms with Gasteiger partial charge in [-0.2, -0.15) is 5.10 Å². The second kappa shape index (κ2) is 11.8. The van der Waals surface area contributed by atoms with Crippen LogP contribution in [0.2, 0.25) is 0 Å². The first-order chi connectivity index (χ1) is 16.5. The van der Waals surface area contributed by atoms with Crippen molar-refractivity contribution < 1.29 is 14.6 Å². The number of hydrogen-bond acceptors (Lipinski definition) is 5. The van der Waals surface area contributed by atoms with E-state index in [2.05, 4.69) is 31.7 Å². The van der Waals surface area contributed by atoms with E-state index in [1.54, 1.807) is 0 Å². The molecule has 0 bridgehead atoms. The van der Waals surface area contributed by atoms with Gasteiger partial charge in [-0.15, -0.1) is 0 Å². The number of rotatable bonds is 11. The molecule has 35 heavy (non-hydrogen) atoms. The van der Waals surface area contributed by atoms with Crippen molar-refractivity contribution in [3.8, 4) is 17.3 Å². The van der Waals surface area contributed by atoms with Crippen LogP contribution in [0.15, 0.2) is 54.6 Å². The fraction of sp³-hybridized carbons (Fsp3) is 0.483. The lowest BCUT2D eigenvalue weighted by Gasteiger charge is -2.28. The van der Waals surface area contributed by atoms with Gasteiger partial charge in [0.1, 0.15) is 5.75 Å². The number of ether oxygens (including phenoxy) is 2. The summed E-state index contributed by atoms with van der Waals surface area (Å²) in [6.07, 6.45) is -0.585. The van der Waals surface area contributed by atoms with Gasteiger partial charge in [0.15, 0.2) is 0 Å². The molecule has 0 aliphatic heterocycles. The molecule has 1 unspecified atom stereocenters. The van der Waals surface area contributed by atoms with Crippen molar-refractivity contribution in [2.45, 2.75) is 66.7 Å². The molecule has 0 radical (unpaired) electrons. The minimum atomic E-state index is -0.585. The third-order valence-electron chi connectivity index (χ3n) is 5.52. The summed E-state index contributed by atoms with van der Waals surface area (Å²) >= 11 is 0. The molecule has 1 atom stereocenters. The van der Waals surface area contributed by atoms with Gasteiger partial charge in [-0.3, -0.25) is 4.90 Å². The van der Waals surface area contributed by atoms with Crippen molar-refractivity contribution in [3.05, 3.63) is 71.4 Å². The molecule has 0 aliphatic rings. The van der Waals surface area contributed by atoms with Crippen molar-refractivity contribution in [1.82, 2.24) is 14.7 Å². The van der Waals surface area contributed by atoms with Gasteiger partial charge in [-0.05, 0) is 70.4 Å². The Hall–Kier alpha value is -2.67. The summed E-state index contributed by atoms with van der Waals surface area (Å²) in [6.45, 7) is 16.7. The number of aryl methyl sites for hydroxylation is 2. The maximum Gasteiger partial charge on any atom is 0.227 e. The molecule has 6 heteroatoms. The molecule has 0 spiro atoms. The smallest absolute Gasteiger partial charge is 0.227 e. The highest BCUT2D eigenvalue weighted by Gasteiger charge is 2.24. The van der Waals surface area contributed by atoms with Crippen molar-refractivity contribution in [2.24, 2.45) is 5.92 Å². The number of para-hydroxylation sites is 1. The van der Waals surface area contributed by atoms with Crippen LogP contribution in [0.1, 0.15) is 51.4 Å². The highest BCUT2D eigenvalue weighted by Crippen LogP contribution is 2.32. The Bertz CT molecular complexity index is 1070. The Labute approximate surface area is 210 Å². The molecule has 0 aliphatic carbocycles. The molecule has 190 valence electrons. The molecular formula is C29H41N3O3. The first kappa shape index (κ1) is 26.9. The molecule has 0 saturated carbocycles. The summed E-state index contributed by atoms with van der Waals surface area (Å²) in [5.41, 5.74) is 3.71. The van der Waals surface area contributed by atoms with Crippen molar-refractivity contribution >= 4 is 0 Å². The predicted molar refractivity (Wildman–Crippen MR) is 141 cm³/mol. The Morgan fingerprint density at radius 1 is 1.00 bits per heavy atom. The number of aliphatic hydroxyl groups is 1. The molecule has 6 nitrogen and oxygen atoms in total. The van der Waals surface area contributed by atoms with E-state index in [4.69, 9.17) is 14.6 Å². The number of aliphatic hydroxyl groups excluding tert-OH is 1. The maximum atomic E-state index is 10.7. The number of nitrogens with zero attached hydrogens (tertiary/aromatic N) is 3. The minimum Gasteiger partial charge on any atom is -0.439 e. The van der Waals surface area contributed by atoms with Gasteiger partial charge in [0.05, 0.1) is 35.3 Å². The van der Waals surface area contributed by atoms with Crippen LogP contribution in [0.3, 0.4) is 0 Å². The Balaban J connectivity index is 1.93. The van der Waals surface area contributed by atoms with Crippen LogP contribution in [0.25, 0.3) is 5.69 Å². The van der Waals surface area contributed by atoms with E-state index in [1.807, 2.05) is 80.9 Å². The first-order valence-corrected chi connectivity index (χ1v) is 12.4. The van der Waals surface area contributed by atoms with Gasteiger partial charge < -0.3 is 14.6 Å². The zero-order valence-electron chi connectivity index (χ0n) is 22.3. The lowest BCUT2D eigenvalue weighted by atomic mass is 10.1. The van der Waals surface area contributed by atoms with E-state index in [1.165, 1.54) is 0 Å². The van der Waals surface area contributed by atoms with Crippen LogP contribution in [0.5, 0.6) is 11.6 Å². The van der Waals surface area contributed by atoms with Crippen LogP contribution >= 0.6 is 0 Å². The highest BCUT2D eigenvalue weighted by molar-refractivity contribution is 5.43. The number of benzene rings is 2. The Morgan fingerprint density at radius 3 is 2.34 bits per heavy atom. The van der Waals surface area contributed by atoms with Crippen molar-refractivity contribution in [1.29, 1.82) is 0 Å². The SMILES string of the molecule is Cc1cccc(Oc2c(CN(CC(C)C)CC(O)COC(C)(C)C)c(C)nn2-c2ccccc2)c1. The highest BCUT2D eigenvalue weighted by atomic mass is 16.5. The molecule has 1 N–H and O–H groups in total. The van der Waals surface area contributed by atoms with E-state index in [9.17, 15) is 5.11 Å². The van der Waals surface area contributed by atoms with Crippen molar-refractivity contribution in [3.63, 3.8) is 0 Å². The third-order valence-corrected chi connectivity index (χ3v) is 5.52. The summed E-state index contributed by atoms with van der Waals surface area (Å²) in [4.78, 5) is 2.27. The van der Waals surface area contributed by atoms with Gasteiger partial charge in [0.25, 0.3) is 0 Å². The monoisotopic (exact) mass is 479 g/mol. The van der Waals surface area contributed by atoms with Crippen LogP contribution in [-0.2, 0) is 11.3 Å². The molecule has 0 saturated heterocycles. The van der Waals surface area contributed by atoms with Gasteiger partial charge in [0, 0.05) is 19.6 Å². The summed E-state index contributed by atoms with van der Waals surface area (Å²) in [5.74, 6) is 1.92. The molecule has 0 amide bonds. The summed E-state index contributed by atoms with van der Waals surface area (Å²) < 4.78 is 14.2. The molecule has 3 aromatic rings.